The quantitative estimate of drug-likeness (QED) is 0.514. The van der Waals surface area contributed by atoms with Gasteiger partial charge in [-0.3, -0.25) is 4.99 Å². The Bertz CT molecular complexity index is 788. The molecule has 0 aliphatic carbocycles. The van der Waals surface area contributed by atoms with Crippen LogP contribution >= 0.6 is 10.3 Å². The smallest absolute Gasteiger partial charge is 0.125 e. The number of nitrogens with zero attached hydrogens (tertiary/aromatic N) is 3. The first-order chi connectivity index (χ1) is 13.7. The Balaban J connectivity index is 1.90. The van der Waals surface area contributed by atoms with Crippen molar-refractivity contribution in [1.82, 2.24) is 4.90 Å². The summed E-state index contributed by atoms with van der Waals surface area (Å²) in [5, 5.41) is 9.09. The van der Waals surface area contributed by atoms with Crippen LogP contribution in [0.15, 0.2) is 35.0 Å². The molecule has 29 heavy (non-hydrogen) atoms. The van der Waals surface area contributed by atoms with Crippen LogP contribution in [0, 0.1) is 11.3 Å². The fourth-order valence-electron chi connectivity index (χ4n) is 2.86. The average molecular weight is 418 g/mol. The highest BCUT2D eigenvalue weighted by atomic mass is 32.3. The van der Waals surface area contributed by atoms with Gasteiger partial charge >= 0.3 is 0 Å². The van der Waals surface area contributed by atoms with Gasteiger partial charge in [0.25, 0.3) is 0 Å². The van der Waals surface area contributed by atoms with Crippen LogP contribution in [-0.2, 0) is 10.7 Å². The zero-order valence-corrected chi connectivity index (χ0v) is 19.5. The van der Waals surface area contributed by atoms with Crippen molar-refractivity contribution in [1.29, 1.82) is 5.26 Å². The van der Waals surface area contributed by atoms with Crippen molar-refractivity contribution in [3.05, 3.63) is 41.1 Å². The highest BCUT2D eigenvalue weighted by Crippen LogP contribution is 2.53. The number of aliphatic imine (C=N–C) groups is 1. The minimum atomic E-state index is -1.05. The van der Waals surface area contributed by atoms with Gasteiger partial charge in [-0.15, -0.1) is 10.3 Å². The summed E-state index contributed by atoms with van der Waals surface area (Å²) in [6, 6.07) is 7.74. The summed E-state index contributed by atoms with van der Waals surface area (Å²) in [7, 11) is 0.590. The van der Waals surface area contributed by atoms with Gasteiger partial charge < -0.3 is 13.8 Å². The Labute approximate surface area is 177 Å². The van der Waals surface area contributed by atoms with Crippen LogP contribution in [0.25, 0.3) is 0 Å². The molecule has 6 heteroatoms. The van der Waals surface area contributed by atoms with E-state index in [1.54, 1.807) is 13.2 Å². The molecule has 1 aliphatic heterocycles. The van der Waals surface area contributed by atoms with E-state index in [-0.39, 0.29) is 4.75 Å². The predicted octanol–water partition coefficient (Wildman–Crippen LogP) is 5.26. The Morgan fingerprint density at radius 2 is 2.00 bits per heavy atom. The molecular formula is C23H35N3O2S. The van der Waals surface area contributed by atoms with E-state index >= 15 is 0 Å². The Morgan fingerprint density at radius 3 is 2.66 bits per heavy atom. The third kappa shape index (κ3) is 6.52. The average Bonchev–Trinajstić information content (AvgIpc) is 2.68. The van der Waals surface area contributed by atoms with E-state index in [1.165, 1.54) is 5.70 Å². The van der Waals surface area contributed by atoms with E-state index in [1.807, 2.05) is 18.5 Å². The van der Waals surface area contributed by atoms with Gasteiger partial charge in [-0.2, -0.15) is 5.26 Å². The van der Waals surface area contributed by atoms with E-state index in [4.69, 9.17) is 14.2 Å². The largest absolute Gasteiger partial charge is 0.496 e. The zero-order valence-electron chi connectivity index (χ0n) is 18.7. The van der Waals surface area contributed by atoms with Gasteiger partial charge in [0, 0.05) is 16.0 Å². The van der Waals surface area contributed by atoms with Crippen LogP contribution < -0.4 is 4.74 Å². The summed E-state index contributed by atoms with van der Waals surface area (Å²) in [5.41, 5.74) is 2.94. The Kier molecular flexibility index (Phi) is 8.18. The molecule has 0 unspecified atom stereocenters. The maximum Gasteiger partial charge on any atom is 0.125 e. The molecule has 1 aliphatic rings. The van der Waals surface area contributed by atoms with Gasteiger partial charge in [0.1, 0.15) is 5.75 Å². The standard InChI is InChI=1S/C23H35N3O2S/c1-23(2,3)29(5,6)28-14-8-7-9-21-12-13-25-18-26(21)17-20-11-10-19(16-24)15-22(20)27-4/h10-12,15,18H,7-9,13-14,17H2,1-6H3. The molecule has 2 rings (SSSR count). The lowest BCUT2D eigenvalue weighted by Gasteiger charge is -2.43. The van der Waals surface area contributed by atoms with Crippen LogP contribution in [0.4, 0.5) is 0 Å². The summed E-state index contributed by atoms with van der Waals surface area (Å²) >= 11 is 0. The summed E-state index contributed by atoms with van der Waals surface area (Å²) in [4.78, 5) is 6.59. The summed E-state index contributed by atoms with van der Waals surface area (Å²) in [6.07, 6.45) is 11.7. The molecule has 0 N–H and O–H groups in total. The third-order valence-corrected chi connectivity index (χ3v) is 9.16. The number of unbranched alkanes of at least 4 members (excludes halogenated alkanes) is 1. The molecule has 5 nitrogen and oxygen atoms in total. The van der Waals surface area contributed by atoms with Gasteiger partial charge in [0.05, 0.1) is 44.8 Å². The van der Waals surface area contributed by atoms with E-state index in [2.05, 4.69) is 55.3 Å². The third-order valence-electron chi connectivity index (χ3n) is 5.46. The van der Waals surface area contributed by atoms with E-state index in [0.717, 1.165) is 43.7 Å². The van der Waals surface area contributed by atoms with E-state index in [9.17, 15) is 0 Å². The van der Waals surface area contributed by atoms with Crippen LogP contribution in [0.3, 0.4) is 0 Å². The molecule has 0 fully saturated rings. The van der Waals surface area contributed by atoms with Crippen LogP contribution in [0.2, 0.25) is 0 Å². The number of hydrogen-bond donors (Lipinski definition) is 0. The Hall–Kier alpha value is -1.97. The molecular weight excluding hydrogens is 382 g/mol. The van der Waals surface area contributed by atoms with E-state index in [0.29, 0.717) is 12.1 Å². The number of nitriles is 1. The van der Waals surface area contributed by atoms with Crippen molar-refractivity contribution < 1.29 is 8.92 Å². The highest BCUT2D eigenvalue weighted by molar-refractivity contribution is 8.29. The lowest BCUT2D eigenvalue weighted by Crippen LogP contribution is -2.25. The van der Waals surface area contributed by atoms with Gasteiger partial charge in [-0.05, 0) is 50.0 Å². The van der Waals surface area contributed by atoms with Crippen molar-refractivity contribution in [3.8, 4) is 11.8 Å². The topological polar surface area (TPSA) is 57.8 Å². The van der Waals surface area contributed by atoms with Crippen LogP contribution in [-0.4, -0.2) is 48.8 Å². The van der Waals surface area contributed by atoms with Crippen LogP contribution in [0.5, 0.6) is 5.75 Å². The molecule has 160 valence electrons. The molecule has 0 bridgehead atoms. The normalized spacial score (nSPS) is 15.1. The van der Waals surface area contributed by atoms with Crippen molar-refractivity contribution in [2.45, 2.75) is 51.3 Å². The second-order valence-corrected chi connectivity index (χ2v) is 12.5. The minimum absolute atomic E-state index is 0.201. The van der Waals surface area contributed by atoms with Gasteiger partial charge in [-0.1, -0.05) is 26.8 Å². The molecule has 0 atom stereocenters. The van der Waals surface area contributed by atoms with Crippen molar-refractivity contribution in [2.75, 3.05) is 32.8 Å². The second kappa shape index (κ2) is 10.2. The lowest BCUT2D eigenvalue weighted by atomic mass is 10.1. The van der Waals surface area contributed by atoms with E-state index < -0.39 is 10.3 Å². The maximum atomic E-state index is 9.09. The highest BCUT2D eigenvalue weighted by Gasteiger charge is 2.28. The maximum absolute atomic E-state index is 9.09. The number of ether oxygens (including phenoxy) is 1. The number of methoxy groups -OCH3 is 1. The SMILES string of the molecule is COc1cc(C#N)ccc1CN1C=NCC=C1CCCCOS(C)(C)C(C)(C)C. The first kappa shape index (κ1) is 23.3. The molecule has 0 saturated heterocycles. The predicted molar refractivity (Wildman–Crippen MR) is 124 cm³/mol. The summed E-state index contributed by atoms with van der Waals surface area (Å²) in [5.74, 6) is 0.739. The fraction of sp³-hybridized carbons (Fsp3) is 0.565. The number of hydrogen-bond acceptors (Lipinski definition) is 5. The second-order valence-electron chi connectivity index (χ2n) is 8.57. The molecule has 1 aromatic rings. The van der Waals surface area contributed by atoms with Gasteiger partial charge in [0.2, 0.25) is 0 Å². The molecule has 1 heterocycles. The first-order valence-electron chi connectivity index (χ1n) is 10.1. The molecule has 0 aromatic heterocycles. The van der Waals surface area contributed by atoms with Gasteiger partial charge in [0.15, 0.2) is 0 Å². The minimum Gasteiger partial charge on any atom is -0.496 e. The zero-order chi connectivity index (χ0) is 21.5. The fourth-order valence-corrected chi connectivity index (χ4v) is 3.75. The summed E-state index contributed by atoms with van der Waals surface area (Å²) in [6.45, 7) is 8.98. The number of rotatable bonds is 9. The van der Waals surface area contributed by atoms with Crippen LogP contribution in [0.1, 0.15) is 51.2 Å². The lowest BCUT2D eigenvalue weighted by molar-refractivity contribution is 0.333. The Morgan fingerprint density at radius 1 is 1.24 bits per heavy atom. The van der Waals surface area contributed by atoms with Crippen molar-refractivity contribution in [3.63, 3.8) is 0 Å². The number of allylic oxidation sites excluding steroid dienone is 1. The van der Waals surface area contributed by atoms with Gasteiger partial charge in [-0.25, -0.2) is 0 Å². The summed E-state index contributed by atoms with van der Waals surface area (Å²) < 4.78 is 11.9. The molecule has 1 aromatic carbocycles. The van der Waals surface area contributed by atoms with Crippen molar-refractivity contribution in [2.24, 2.45) is 4.99 Å². The van der Waals surface area contributed by atoms with Crippen molar-refractivity contribution >= 4 is 16.6 Å². The molecule has 0 radical (unpaired) electrons. The monoisotopic (exact) mass is 417 g/mol. The molecule has 0 spiro atoms. The number of benzene rings is 1. The first-order valence-corrected chi connectivity index (χ1v) is 12.5. The molecule has 0 amide bonds. The molecule has 0 saturated carbocycles.